The topological polar surface area (TPSA) is 33.2 Å². The van der Waals surface area contributed by atoms with Gasteiger partial charge in [0.25, 0.3) is 0 Å². The normalized spacial score (nSPS) is 13.0. The molecule has 0 bridgehead atoms. The molecule has 1 radical (unpaired) electrons. The molecule has 1 aliphatic rings. The van der Waals surface area contributed by atoms with Crippen LogP contribution in [-0.4, -0.2) is 10.8 Å². The van der Waals surface area contributed by atoms with Gasteiger partial charge >= 0.3 is 0 Å². The maximum absolute atomic E-state index is 11.3. The average molecular weight is 427 g/mol. The Morgan fingerprint density at radius 1 is 1.23 bits per heavy atom. The Balaban J connectivity index is 0.00000176. The first-order valence-electron chi connectivity index (χ1n) is 6.67. The Morgan fingerprint density at radius 3 is 2.55 bits per heavy atom. The van der Waals surface area contributed by atoms with Crippen LogP contribution < -0.4 is 4.90 Å². The monoisotopic (exact) mass is 428 g/mol. The number of hydrogen-bond acceptors (Lipinski definition) is 3. The molecule has 0 unspecified atom stereocenters. The van der Waals surface area contributed by atoms with Gasteiger partial charge in [-0.1, -0.05) is 18.7 Å². The maximum atomic E-state index is 11.3. The van der Waals surface area contributed by atoms with E-state index in [1.807, 2.05) is 37.3 Å². The number of Topliss-reactive ketones (excluding diaryl/α,β-unsaturated/α-hetero) is 1. The van der Waals surface area contributed by atoms with Gasteiger partial charge in [-0.05, 0) is 30.7 Å². The van der Waals surface area contributed by atoms with Crippen molar-refractivity contribution in [2.24, 2.45) is 0 Å². The Labute approximate surface area is 171 Å². The van der Waals surface area contributed by atoms with Crippen LogP contribution in [0.15, 0.2) is 60.9 Å². The third kappa shape index (κ3) is 3.10. The van der Waals surface area contributed by atoms with Crippen LogP contribution in [0.3, 0.4) is 0 Å². The van der Waals surface area contributed by atoms with Crippen molar-refractivity contribution >= 4 is 22.9 Å². The summed E-state index contributed by atoms with van der Waals surface area (Å²) < 4.78 is 0. The van der Waals surface area contributed by atoms with E-state index in [1.165, 1.54) is 0 Å². The van der Waals surface area contributed by atoms with Gasteiger partial charge in [-0.2, -0.15) is 6.92 Å². The number of allylic oxidation sites excluding steroid dienone is 3. The van der Waals surface area contributed by atoms with Gasteiger partial charge in [0, 0.05) is 78.3 Å². The molecule has 4 heteroatoms. The summed E-state index contributed by atoms with van der Waals surface area (Å²) in [6, 6.07) is 11.3. The molecular weight excluding hydrogens is 412 g/mol. The summed E-state index contributed by atoms with van der Waals surface area (Å²) in [4.78, 5) is 17.8. The second-order valence-electron chi connectivity index (χ2n) is 4.99. The molecule has 1 aromatic heterocycles. The zero-order valence-electron chi connectivity index (χ0n) is 12.2. The van der Waals surface area contributed by atoms with E-state index in [4.69, 9.17) is 0 Å². The number of carbonyl (C=O) groups is 1. The molecule has 0 spiro atoms. The minimum absolute atomic E-state index is 0. The van der Waals surface area contributed by atoms with E-state index in [9.17, 15) is 4.79 Å². The van der Waals surface area contributed by atoms with E-state index < -0.39 is 0 Å². The third-order valence-corrected chi connectivity index (χ3v) is 3.53. The molecule has 1 aliphatic heterocycles. The molecule has 0 saturated carbocycles. The van der Waals surface area contributed by atoms with Crippen molar-refractivity contribution in [2.45, 2.75) is 6.92 Å². The van der Waals surface area contributed by atoms with E-state index in [2.05, 4.69) is 23.4 Å². The predicted octanol–water partition coefficient (Wildman–Crippen LogP) is 4.17. The molecule has 0 aliphatic carbocycles. The minimum atomic E-state index is -0.181. The summed E-state index contributed by atoms with van der Waals surface area (Å²) in [5.41, 5.74) is 4.57. The van der Waals surface area contributed by atoms with Gasteiger partial charge in [-0.3, -0.25) is 4.90 Å². The van der Waals surface area contributed by atoms with Gasteiger partial charge in [-0.25, -0.2) is 4.98 Å². The zero-order valence-corrected chi connectivity index (χ0v) is 14.6. The number of hydrogen-bond donors (Lipinski definition) is 0. The molecule has 3 nitrogen and oxygen atoms in total. The molecule has 0 N–H and O–H groups in total. The van der Waals surface area contributed by atoms with Gasteiger partial charge < -0.3 is 4.79 Å². The molecule has 2 heterocycles. The molecule has 2 aromatic rings. The summed E-state index contributed by atoms with van der Waals surface area (Å²) in [7, 11) is 0. The number of rotatable bonds is 2. The van der Waals surface area contributed by atoms with Crippen molar-refractivity contribution in [3.63, 3.8) is 0 Å². The zero-order chi connectivity index (χ0) is 15.0. The molecule has 0 fully saturated rings. The fourth-order valence-corrected chi connectivity index (χ4v) is 2.51. The van der Waals surface area contributed by atoms with Crippen LogP contribution in [0.1, 0.15) is 22.8 Å². The van der Waals surface area contributed by atoms with Crippen LogP contribution in [0.25, 0.3) is 5.57 Å². The SMILES string of the molecule is C=C1C=C(C)N(c2ccc(C([CH2-])=O)cc2)c2ncccc21.[Eu]. The van der Waals surface area contributed by atoms with Crippen molar-refractivity contribution in [3.8, 4) is 0 Å². The van der Waals surface area contributed by atoms with Crippen molar-refractivity contribution < 1.29 is 54.2 Å². The number of carbonyl (C=O) groups excluding carboxylic acids is 1. The van der Waals surface area contributed by atoms with Gasteiger partial charge in [-0.15, -0.1) is 17.7 Å². The second-order valence-corrected chi connectivity index (χ2v) is 4.99. The van der Waals surface area contributed by atoms with Crippen molar-refractivity contribution in [1.29, 1.82) is 0 Å². The largest absolute Gasteiger partial charge is 0.332 e. The first-order chi connectivity index (χ1) is 10.1. The second kappa shape index (κ2) is 6.90. The molecule has 0 amide bonds. The number of aromatic nitrogens is 1. The predicted molar refractivity (Wildman–Crippen MR) is 85.3 cm³/mol. The Hall–Kier alpha value is -1.23. The number of nitrogens with zero attached hydrogens (tertiary/aromatic N) is 2. The Morgan fingerprint density at radius 2 is 1.91 bits per heavy atom. The molecular formula is C18H15EuN2O-. The molecule has 0 atom stereocenters. The quantitative estimate of drug-likeness (QED) is 0.533. The van der Waals surface area contributed by atoms with Crippen LogP contribution in [0.2, 0.25) is 0 Å². The molecule has 111 valence electrons. The minimum Gasteiger partial charge on any atom is -0.332 e. The van der Waals surface area contributed by atoms with Crippen molar-refractivity contribution in [2.75, 3.05) is 4.90 Å². The van der Waals surface area contributed by atoms with Crippen LogP contribution in [0.5, 0.6) is 0 Å². The standard InChI is InChI=1S/C18H15N2O.Eu/c1-12-11-13(2)20(18-17(12)5-4-10-19-18)16-8-6-15(7-9-16)14(3)21;/h4-11H,1,3H2,2H3;/q-1;. The maximum Gasteiger partial charge on any atom is 0.145 e. The molecule has 0 saturated heterocycles. The first kappa shape index (κ1) is 17.1. The molecule has 3 rings (SSSR count). The van der Waals surface area contributed by atoms with Crippen molar-refractivity contribution in [3.05, 3.63) is 79.0 Å². The van der Waals surface area contributed by atoms with Gasteiger partial charge in [0.15, 0.2) is 0 Å². The van der Waals surface area contributed by atoms with Gasteiger partial charge in [0.2, 0.25) is 0 Å². The summed E-state index contributed by atoms with van der Waals surface area (Å²) in [6.07, 6.45) is 3.80. The van der Waals surface area contributed by atoms with Crippen LogP contribution in [-0.2, 0) is 0 Å². The fraction of sp³-hybridized carbons (Fsp3) is 0.0556. The number of ketones is 1. The summed E-state index contributed by atoms with van der Waals surface area (Å²) in [5, 5.41) is 0. The Kier molecular flexibility index (Phi) is 5.38. The van der Waals surface area contributed by atoms with Crippen LogP contribution in [0.4, 0.5) is 11.5 Å². The summed E-state index contributed by atoms with van der Waals surface area (Å²) in [6.45, 7) is 9.52. The van der Waals surface area contributed by atoms with E-state index in [0.29, 0.717) is 5.56 Å². The average Bonchev–Trinajstić information content (AvgIpc) is 2.48. The van der Waals surface area contributed by atoms with E-state index >= 15 is 0 Å². The van der Waals surface area contributed by atoms with E-state index in [-0.39, 0.29) is 55.2 Å². The van der Waals surface area contributed by atoms with Crippen molar-refractivity contribution in [1.82, 2.24) is 4.98 Å². The smallest absolute Gasteiger partial charge is 0.145 e. The van der Waals surface area contributed by atoms with E-state index in [0.717, 1.165) is 28.3 Å². The van der Waals surface area contributed by atoms with Gasteiger partial charge in [0.05, 0.1) is 0 Å². The number of pyridine rings is 1. The Bertz CT molecular complexity index is 763. The number of anilines is 2. The van der Waals surface area contributed by atoms with E-state index in [1.54, 1.807) is 18.3 Å². The summed E-state index contributed by atoms with van der Waals surface area (Å²) in [5.74, 6) is 0.676. The number of fused-ring (bicyclic) bond motifs is 1. The third-order valence-electron chi connectivity index (χ3n) is 3.53. The first-order valence-corrected chi connectivity index (χ1v) is 6.67. The van der Waals surface area contributed by atoms with Gasteiger partial charge in [0.1, 0.15) is 5.82 Å². The van der Waals surface area contributed by atoms with Crippen LogP contribution >= 0.6 is 0 Å². The van der Waals surface area contributed by atoms with Crippen LogP contribution in [0, 0.1) is 56.3 Å². The fourth-order valence-electron chi connectivity index (χ4n) is 2.51. The summed E-state index contributed by atoms with van der Waals surface area (Å²) >= 11 is 0. The molecule has 22 heavy (non-hydrogen) atoms. The number of benzene rings is 1. The molecule has 1 aromatic carbocycles.